The first-order chi connectivity index (χ1) is 6.56. The van der Waals surface area contributed by atoms with Gasteiger partial charge >= 0.3 is 0 Å². The Hall–Kier alpha value is -0.340. The SMILES string of the molecule is C=CCC(COC(C)C)COC(C)C. The Balaban J connectivity index is 3.70. The Kier molecular flexibility index (Phi) is 7.81. The van der Waals surface area contributed by atoms with Crippen LogP contribution in [0.2, 0.25) is 0 Å². The third-order valence-electron chi connectivity index (χ3n) is 1.83. The Morgan fingerprint density at radius 1 is 1.00 bits per heavy atom. The van der Waals surface area contributed by atoms with Gasteiger partial charge in [0.1, 0.15) is 0 Å². The highest BCUT2D eigenvalue weighted by Crippen LogP contribution is 2.08. The van der Waals surface area contributed by atoms with Crippen molar-refractivity contribution in [3.63, 3.8) is 0 Å². The van der Waals surface area contributed by atoms with E-state index in [1.165, 1.54) is 0 Å². The number of rotatable bonds is 8. The van der Waals surface area contributed by atoms with E-state index in [9.17, 15) is 0 Å². The van der Waals surface area contributed by atoms with E-state index in [4.69, 9.17) is 9.47 Å². The molecular formula is C12H24O2. The monoisotopic (exact) mass is 200 g/mol. The molecule has 0 amide bonds. The van der Waals surface area contributed by atoms with Crippen molar-refractivity contribution in [3.8, 4) is 0 Å². The van der Waals surface area contributed by atoms with Gasteiger partial charge in [-0.05, 0) is 34.1 Å². The van der Waals surface area contributed by atoms with Gasteiger partial charge in [-0.25, -0.2) is 0 Å². The predicted octanol–water partition coefficient (Wildman–Crippen LogP) is 3.03. The van der Waals surface area contributed by atoms with Crippen LogP contribution in [-0.2, 0) is 9.47 Å². The van der Waals surface area contributed by atoms with Crippen molar-refractivity contribution in [1.82, 2.24) is 0 Å². The highest BCUT2D eigenvalue weighted by Gasteiger charge is 2.09. The summed E-state index contributed by atoms with van der Waals surface area (Å²) in [6.07, 6.45) is 3.47. The minimum absolute atomic E-state index is 0.293. The van der Waals surface area contributed by atoms with E-state index in [0.29, 0.717) is 18.1 Å². The molecule has 0 aromatic carbocycles. The van der Waals surface area contributed by atoms with Crippen LogP contribution in [0, 0.1) is 5.92 Å². The molecule has 0 aromatic rings. The largest absolute Gasteiger partial charge is 0.378 e. The standard InChI is InChI=1S/C12H24O2/c1-6-7-12(8-13-10(2)3)9-14-11(4)5/h6,10-12H,1,7-9H2,2-5H3. The van der Waals surface area contributed by atoms with Crippen LogP contribution in [0.15, 0.2) is 12.7 Å². The molecular weight excluding hydrogens is 176 g/mol. The Bertz CT molecular complexity index is 129. The minimum Gasteiger partial charge on any atom is -0.378 e. The summed E-state index contributed by atoms with van der Waals surface area (Å²) < 4.78 is 11.1. The van der Waals surface area contributed by atoms with Crippen molar-refractivity contribution < 1.29 is 9.47 Å². The van der Waals surface area contributed by atoms with E-state index in [2.05, 4.69) is 6.58 Å². The summed E-state index contributed by atoms with van der Waals surface area (Å²) in [4.78, 5) is 0. The first-order valence-corrected chi connectivity index (χ1v) is 5.40. The van der Waals surface area contributed by atoms with Gasteiger partial charge in [0.15, 0.2) is 0 Å². The van der Waals surface area contributed by atoms with Gasteiger partial charge in [0.2, 0.25) is 0 Å². The molecule has 0 radical (unpaired) electrons. The maximum absolute atomic E-state index is 5.56. The Morgan fingerprint density at radius 3 is 1.71 bits per heavy atom. The molecule has 0 atom stereocenters. The second-order valence-corrected chi connectivity index (χ2v) is 4.15. The van der Waals surface area contributed by atoms with Gasteiger partial charge in [0, 0.05) is 5.92 Å². The van der Waals surface area contributed by atoms with Gasteiger partial charge < -0.3 is 9.47 Å². The van der Waals surface area contributed by atoms with Gasteiger partial charge in [-0.15, -0.1) is 6.58 Å². The summed E-state index contributed by atoms with van der Waals surface area (Å²) >= 11 is 0. The smallest absolute Gasteiger partial charge is 0.0522 e. The fourth-order valence-electron chi connectivity index (χ4n) is 1.08. The molecule has 0 aliphatic heterocycles. The van der Waals surface area contributed by atoms with E-state index in [1.54, 1.807) is 0 Å². The topological polar surface area (TPSA) is 18.5 Å². The van der Waals surface area contributed by atoms with Crippen LogP contribution in [0.3, 0.4) is 0 Å². The predicted molar refractivity (Wildman–Crippen MR) is 60.5 cm³/mol. The molecule has 0 unspecified atom stereocenters. The lowest BCUT2D eigenvalue weighted by atomic mass is 10.1. The van der Waals surface area contributed by atoms with E-state index in [0.717, 1.165) is 19.6 Å². The molecule has 0 spiro atoms. The highest BCUT2D eigenvalue weighted by atomic mass is 16.5. The number of hydrogen-bond donors (Lipinski definition) is 0. The maximum Gasteiger partial charge on any atom is 0.0522 e. The number of hydrogen-bond acceptors (Lipinski definition) is 2. The van der Waals surface area contributed by atoms with Crippen molar-refractivity contribution in [2.75, 3.05) is 13.2 Å². The summed E-state index contributed by atoms with van der Waals surface area (Å²) in [7, 11) is 0. The molecule has 14 heavy (non-hydrogen) atoms. The Labute approximate surface area is 88.3 Å². The van der Waals surface area contributed by atoms with E-state index in [-0.39, 0.29) is 0 Å². The summed E-state index contributed by atoms with van der Waals surface area (Å²) in [5.41, 5.74) is 0. The molecule has 2 heteroatoms. The molecule has 0 N–H and O–H groups in total. The van der Waals surface area contributed by atoms with E-state index >= 15 is 0 Å². The van der Waals surface area contributed by atoms with Crippen LogP contribution in [-0.4, -0.2) is 25.4 Å². The fourth-order valence-corrected chi connectivity index (χ4v) is 1.08. The molecule has 0 aliphatic carbocycles. The highest BCUT2D eigenvalue weighted by molar-refractivity contribution is 4.73. The minimum atomic E-state index is 0.293. The zero-order chi connectivity index (χ0) is 11.0. The molecule has 0 rings (SSSR count). The second kappa shape index (κ2) is 8.01. The van der Waals surface area contributed by atoms with Crippen LogP contribution in [0.25, 0.3) is 0 Å². The molecule has 0 fully saturated rings. The van der Waals surface area contributed by atoms with E-state index < -0.39 is 0 Å². The van der Waals surface area contributed by atoms with Crippen LogP contribution >= 0.6 is 0 Å². The summed E-state index contributed by atoms with van der Waals surface area (Å²) in [6, 6.07) is 0. The lowest BCUT2D eigenvalue weighted by Gasteiger charge is -2.18. The van der Waals surface area contributed by atoms with Gasteiger partial charge in [-0.3, -0.25) is 0 Å². The molecule has 0 aliphatic rings. The average molecular weight is 200 g/mol. The molecule has 0 bridgehead atoms. The first-order valence-electron chi connectivity index (χ1n) is 5.40. The summed E-state index contributed by atoms with van der Waals surface area (Å²) in [6.45, 7) is 13.5. The van der Waals surface area contributed by atoms with Crippen molar-refractivity contribution in [2.45, 2.75) is 46.3 Å². The van der Waals surface area contributed by atoms with Crippen LogP contribution in [0.1, 0.15) is 34.1 Å². The molecule has 0 saturated carbocycles. The average Bonchev–Trinajstić information content (AvgIpc) is 2.09. The van der Waals surface area contributed by atoms with Crippen LogP contribution in [0.4, 0.5) is 0 Å². The van der Waals surface area contributed by atoms with Crippen LogP contribution < -0.4 is 0 Å². The van der Waals surface area contributed by atoms with Crippen LogP contribution in [0.5, 0.6) is 0 Å². The van der Waals surface area contributed by atoms with Gasteiger partial charge in [0.25, 0.3) is 0 Å². The molecule has 0 heterocycles. The lowest BCUT2D eigenvalue weighted by molar-refractivity contribution is -0.00230. The van der Waals surface area contributed by atoms with Crippen molar-refractivity contribution in [2.24, 2.45) is 5.92 Å². The Morgan fingerprint density at radius 2 is 1.43 bits per heavy atom. The first kappa shape index (κ1) is 13.7. The normalized spacial score (nSPS) is 11.6. The van der Waals surface area contributed by atoms with Gasteiger partial charge in [-0.1, -0.05) is 6.08 Å². The number of ether oxygens (including phenoxy) is 2. The van der Waals surface area contributed by atoms with Gasteiger partial charge in [-0.2, -0.15) is 0 Å². The zero-order valence-electron chi connectivity index (χ0n) is 9.95. The van der Waals surface area contributed by atoms with Crippen molar-refractivity contribution in [3.05, 3.63) is 12.7 Å². The quantitative estimate of drug-likeness (QED) is 0.561. The second-order valence-electron chi connectivity index (χ2n) is 4.15. The lowest BCUT2D eigenvalue weighted by Crippen LogP contribution is -2.20. The third-order valence-corrected chi connectivity index (χ3v) is 1.83. The molecule has 2 nitrogen and oxygen atoms in total. The molecule has 0 saturated heterocycles. The summed E-state index contributed by atoms with van der Waals surface area (Å²) in [5.74, 6) is 0.442. The van der Waals surface area contributed by atoms with E-state index in [1.807, 2.05) is 33.8 Å². The number of allylic oxidation sites excluding steroid dienone is 1. The molecule has 0 aromatic heterocycles. The van der Waals surface area contributed by atoms with Gasteiger partial charge in [0.05, 0.1) is 25.4 Å². The third kappa shape index (κ3) is 8.27. The summed E-state index contributed by atoms with van der Waals surface area (Å²) in [5, 5.41) is 0. The van der Waals surface area contributed by atoms with Crippen molar-refractivity contribution in [1.29, 1.82) is 0 Å². The maximum atomic E-state index is 5.56. The molecule has 84 valence electrons. The zero-order valence-corrected chi connectivity index (χ0v) is 9.95. The van der Waals surface area contributed by atoms with Crippen molar-refractivity contribution >= 4 is 0 Å². The fraction of sp³-hybridized carbons (Fsp3) is 0.833.